The molecule has 1 aliphatic heterocycles. The average Bonchev–Trinajstić information content (AvgIpc) is 2.78. The van der Waals surface area contributed by atoms with Crippen molar-refractivity contribution in [2.24, 2.45) is 11.7 Å². The van der Waals surface area contributed by atoms with Crippen molar-refractivity contribution in [3.8, 4) is 0 Å². The molecule has 2 rings (SSSR count). The Morgan fingerprint density at radius 3 is 2.78 bits per heavy atom. The van der Waals surface area contributed by atoms with Crippen LogP contribution in [-0.4, -0.2) is 35.7 Å². The van der Waals surface area contributed by atoms with E-state index in [1.54, 1.807) is 11.8 Å². The molecular formula is C14H20N2OS. The zero-order chi connectivity index (χ0) is 13.0. The van der Waals surface area contributed by atoms with Crippen molar-refractivity contribution in [3.05, 3.63) is 30.3 Å². The number of hydrogen-bond acceptors (Lipinski definition) is 3. The van der Waals surface area contributed by atoms with E-state index >= 15 is 0 Å². The van der Waals surface area contributed by atoms with Crippen molar-refractivity contribution in [1.82, 2.24) is 4.90 Å². The van der Waals surface area contributed by atoms with Crippen molar-refractivity contribution in [2.45, 2.75) is 24.3 Å². The summed E-state index contributed by atoms with van der Waals surface area (Å²) in [6.07, 6.45) is 1.04. The van der Waals surface area contributed by atoms with Crippen molar-refractivity contribution < 1.29 is 4.79 Å². The summed E-state index contributed by atoms with van der Waals surface area (Å²) in [6, 6.07) is 10.4. The number of amides is 1. The minimum atomic E-state index is 0.229. The SMILES string of the molecule is CC1CC(CN)CN1C(=O)CSc1ccccc1. The Hall–Kier alpha value is -1.00. The van der Waals surface area contributed by atoms with E-state index in [0.717, 1.165) is 17.9 Å². The summed E-state index contributed by atoms with van der Waals surface area (Å²) in [7, 11) is 0. The molecular weight excluding hydrogens is 244 g/mol. The summed E-state index contributed by atoms with van der Waals surface area (Å²) in [5, 5.41) is 0. The number of benzene rings is 1. The maximum Gasteiger partial charge on any atom is 0.233 e. The maximum atomic E-state index is 12.2. The average molecular weight is 264 g/mol. The summed E-state index contributed by atoms with van der Waals surface area (Å²) in [4.78, 5) is 15.3. The van der Waals surface area contributed by atoms with Gasteiger partial charge in [-0.15, -0.1) is 11.8 Å². The number of thioether (sulfide) groups is 1. The van der Waals surface area contributed by atoms with Crippen LogP contribution in [0.25, 0.3) is 0 Å². The van der Waals surface area contributed by atoms with Crippen LogP contribution in [0.4, 0.5) is 0 Å². The van der Waals surface area contributed by atoms with Crippen molar-refractivity contribution in [3.63, 3.8) is 0 Å². The number of rotatable bonds is 4. The van der Waals surface area contributed by atoms with Crippen molar-refractivity contribution in [2.75, 3.05) is 18.8 Å². The molecule has 2 N–H and O–H groups in total. The molecule has 4 heteroatoms. The van der Waals surface area contributed by atoms with E-state index in [4.69, 9.17) is 5.73 Å². The molecule has 1 heterocycles. The Morgan fingerprint density at radius 2 is 2.17 bits per heavy atom. The van der Waals surface area contributed by atoms with E-state index in [0.29, 0.717) is 24.3 Å². The first-order valence-electron chi connectivity index (χ1n) is 6.38. The predicted molar refractivity (Wildman–Crippen MR) is 75.5 cm³/mol. The van der Waals surface area contributed by atoms with Gasteiger partial charge in [0.15, 0.2) is 0 Å². The van der Waals surface area contributed by atoms with Crippen LogP contribution >= 0.6 is 11.8 Å². The second-order valence-corrected chi connectivity index (χ2v) is 5.88. The Bertz CT molecular complexity index is 396. The van der Waals surface area contributed by atoms with Gasteiger partial charge in [0.1, 0.15) is 0 Å². The second-order valence-electron chi connectivity index (χ2n) is 4.83. The highest BCUT2D eigenvalue weighted by atomic mass is 32.2. The van der Waals surface area contributed by atoms with Gasteiger partial charge < -0.3 is 10.6 Å². The molecule has 18 heavy (non-hydrogen) atoms. The van der Waals surface area contributed by atoms with Gasteiger partial charge in [-0.1, -0.05) is 18.2 Å². The molecule has 0 saturated carbocycles. The molecule has 1 aromatic carbocycles. The molecule has 1 amide bonds. The van der Waals surface area contributed by atoms with E-state index < -0.39 is 0 Å². The van der Waals surface area contributed by atoms with Crippen LogP contribution in [0.5, 0.6) is 0 Å². The summed E-state index contributed by atoms with van der Waals surface area (Å²) < 4.78 is 0. The van der Waals surface area contributed by atoms with Gasteiger partial charge in [0.2, 0.25) is 5.91 Å². The first-order valence-corrected chi connectivity index (χ1v) is 7.36. The van der Waals surface area contributed by atoms with E-state index in [1.807, 2.05) is 35.2 Å². The molecule has 1 aliphatic rings. The lowest BCUT2D eigenvalue weighted by Crippen LogP contribution is -2.35. The lowest BCUT2D eigenvalue weighted by atomic mass is 10.1. The summed E-state index contributed by atoms with van der Waals surface area (Å²) in [6.45, 7) is 3.62. The number of nitrogens with zero attached hydrogens (tertiary/aromatic N) is 1. The third-order valence-electron chi connectivity index (χ3n) is 3.42. The van der Waals surface area contributed by atoms with E-state index in [2.05, 4.69) is 6.92 Å². The summed E-state index contributed by atoms with van der Waals surface area (Å²) in [5.74, 6) is 1.23. The lowest BCUT2D eigenvalue weighted by Gasteiger charge is -2.21. The number of nitrogens with two attached hydrogens (primary N) is 1. The third kappa shape index (κ3) is 3.27. The van der Waals surface area contributed by atoms with Gasteiger partial charge in [-0.05, 0) is 37.9 Å². The van der Waals surface area contributed by atoms with Crippen LogP contribution in [0.1, 0.15) is 13.3 Å². The number of carbonyl (C=O) groups is 1. The molecule has 1 fully saturated rings. The fourth-order valence-corrected chi connectivity index (χ4v) is 3.21. The van der Waals surface area contributed by atoms with Crippen LogP contribution in [0.3, 0.4) is 0 Å². The third-order valence-corrected chi connectivity index (χ3v) is 4.42. The van der Waals surface area contributed by atoms with Gasteiger partial charge in [0.25, 0.3) is 0 Å². The number of hydrogen-bond donors (Lipinski definition) is 1. The number of carbonyl (C=O) groups excluding carboxylic acids is 1. The fourth-order valence-electron chi connectivity index (χ4n) is 2.41. The minimum Gasteiger partial charge on any atom is -0.339 e. The van der Waals surface area contributed by atoms with Crippen LogP contribution < -0.4 is 5.73 Å². The molecule has 0 radical (unpaired) electrons. The largest absolute Gasteiger partial charge is 0.339 e. The Morgan fingerprint density at radius 1 is 1.44 bits per heavy atom. The minimum absolute atomic E-state index is 0.229. The van der Waals surface area contributed by atoms with Crippen LogP contribution in [0, 0.1) is 5.92 Å². The number of likely N-dealkylation sites (tertiary alicyclic amines) is 1. The predicted octanol–water partition coefficient (Wildman–Crippen LogP) is 1.97. The maximum absolute atomic E-state index is 12.2. The van der Waals surface area contributed by atoms with Gasteiger partial charge in [0.05, 0.1) is 5.75 Å². The molecule has 98 valence electrons. The smallest absolute Gasteiger partial charge is 0.233 e. The van der Waals surface area contributed by atoms with Crippen LogP contribution in [-0.2, 0) is 4.79 Å². The summed E-state index contributed by atoms with van der Waals surface area (Å²) in [5.41, 5.74) is 5.68. The van der Waals surface area contributed by atoms with Gasteiger partial charge in [-0.2, -0.15) is 0 Å². The topological polar surface area (TPSA) is 46.3 Å². The highest BCUT2D eigenvalue weighted by Gasteiger charge is 2.31. The van der Waals surface area contributed by atoms with Crippen LogP contribution in [0.15, 0.2) is 35.2 Å². The van der Waals surface area contributed by atoms with Gasteiger partial charge in [-0.3, -0.25) is 4.79 Å². The molecule has 2 unspecified atom stereocenters. The van der Waals surface area contributed by atoms with Gasteiger partial charge >= 0.3 is 0 Å². The molecule has 1 saturated heterocycles. The summed E-state index contributed by atoms with van der Waals surface area (Å²) >= 11 is 1.60. The standard InChI is InChI=1S/C14H20N2OS/c1-11-7-12(8-15)9-16(11)14(17)10-18-13-5-3-2-4-6-13/h2-6,11-12H,7-10,15H2,1H3. The van der Waals surface area contributed by atoms with E-state index in [1.165, 1.54) is 0 Å². The first kappa shape index (κ1) is 13.4. The van der Waals surface area contributed by atoms with Crippen molar-refractivity contribution in [1.29, 1.82) is 0 Å². The Kier molecular flexibility index (Phi) is 4.66. The molecule has 1 aromatic rings. The highest BCUT2D eigenvalue weighted by Crippen LogP contribution is 2.24. The van der Waals surface area contributed by atoms with E-state index in [-0.39, 0.29) is 5.91 Å². The lowest BCUT2D eigenvalue weighted by molar-refractivity contribution is -0.128. The first-order chi connectivity index (χ1) is 8.70. The monoisotopic (exact) mass is 264 g/mol. The normalized spacial score (nSPS) is 23.3. The molecule has 0 aromatic heterocycles. The van der Waals surface area contributed by atoms with Crippen LogP contribution in [0.2, 0.25) is 0 Å². The fraction of sp³-hybridized carbons (Fsp3) is 0.500. The zero-order valence-corrected chi connectivity index (χ0v) is 11.5. The van der Waals surface area contributed by atoms with E-state index in [9.17, 15) is 4.79 Å². The molecule has 0 bridgehead atoms. The molecule has 0 spiro atoms. The highest BCUT2D eigenvalue weighted by molar-refractivity contribution is 8.00. The Balaban J connectivity index is 1.85. The molecule has 3 nitrogen and oxygen atoms in total. The second kappa shape index (κ2) is 6.25. The Labute approximate surface area is 113 Å². The zero-order valence-electron chi connectivity index (χ0n) is 10.7. The molecule has 2 atom stereocenters. The quantitative estimate of drug-likeness (QED) is 0.846. The van der Waals surface area contributed by atoms with Gasteiger partial charge in [-0.25, -0.2) is 0 Å². The van der Waals surface area contributed by atoms with Gasteiger partial charge in [0, 0.05) is 17.5 Å². The van der Waals surface area contributed by atoms with Crippen molar-refractivity contribution >= 4 is 17.7 Å². The molecule has 0 aliphatic carbocycles.